The van der Waals surface area contributed by atoms with E-state index in [0.29, 0.717) is 6.04 Å². The van der Waals surface area contributed by atoms with E-state index in [2.05, 4.69) is 18.9 Å². The first kappa shape index (κ1) is 10.0. The molecule has 1 aliphatic heterocycles. The fourth-order valence-corrected chi connectivity index (χ4v) is 1.85. The minimum atomic E-state index is 0.393. The quantitative estimate of drug-likeness (QED) is 0.694. The standard InChI is InChI=1S/C10H22N2/c1-9(11)3-4-10-5-7-12(2)8-6-10/h9-10H,3-8,11H2,1-2H3. The highest BCUT2D eigenvalue weighted by atomic mass is 15.1. The van der Waals surface area contributed by atoms with Gasteiger partial charge in [0.2, 0.25) is 0 Å². The van der Waals surface area contributed by atoms with Crippen LogP contribution in [0.2, 0.25) is 0 Å². The van der Waals surface area contributed by atoms with E-state index >= 15 is 0 Å². The van der Waals surface area contributed by atoms with Crippen molar-refractivity contribution in [2.75, 3.05) is 20.1 Å². The Morgan fingerprint density at radius 1 is 1.42 bits per heavy atom. The molecule has 0 spiro atoms. The van der Waals surface area contributed by atoms with Crippen LogP contribution in [0.1, 0.15) is 32.6 Å². The van der Waals surface area contributed by atoms with Gasteiger partial charge in [0, 0.05) is 6.04 Å². The molecule has 0 aromatic heterocycles. The molecular weight excluding hydrogens is 148 g/mol. The molecule has 0 aromatic carbocycles. The van der Waals surface area contributed by atoms with Gasteiger partial charge in [-0.05, 0) is 58.7 Å². The SMILES string of the molecule is CC(N)CCC1CCN(C)CC1. The molecule has 0 amide bonds. The lowest BCUT2D eigenvalue weighted by atomic mass is 9.91. The monoisotopic (exact) mass is 170 g/mol. The third-order valence-electron chi connectivity index (χ3n) is 2.87. The summed E-state index contributed by atoms with van der Waals surface area (Å²) in [5, 5.41) is 0. The topological polar surface area (TPSA) is 29.3 Å². The number of hydrogen-bond acceptors (Lipinski definition) is 2. The van der Waals surface area contributed by atoms with Gasteiger partial charge in [-0.1, -0.05) is 0 Å². The van der Waals surface area contributed by atoms with Crippen LogP contribution in [0.5, 0.6) is 0 Å². The van der Waals surface area contributed by atoms with Crippen molar-refractivity contribution in [2.45, 2.75) is 38.6 Å². The van der Waals surface area contributed by atoms with Crippen molar-refractivity contribution in [3.63, 3.8) is 0 Å². The van der Waals surface area contributed by atoms with Crippen molar-refractivity contribution < 1.29 is 0 Å². The van der Waals surface area contributed by atoms with Gasteiger partial charge < -0.3 is 10.6 Å². The van der Waals surface area contributed by atoms with Gasteiger partial charge in [-0.3, -0.25) is 0 Å². The Balaban J connectivity index is 2.09. The molecule has 1 atom stereocenters. The molecule has 1 saturated heterocycles. The van der Waals surface area contributed by atoms with Gasteiger partial charge in [0.25, 0.3) is 0 Å². The van der Waals surface area contributed by atoms with E-state index in [-0.39, 0.29) is 0 Å². The minimum absolute atomic E-state index is 0.393. The summed E-state index contributed by atoms with van der Waals surface area (Å²) in [5.41, 5.74) is 5.73. The zero-order valence-electron chi connectivity index (χ0n) is 8.42. The summed E-state index contributed by atoms with van der Waals surface area (Å²) >= 11 is 0. The average molecular weight is 170 g/mol. The minimum Gasteiger partial charge on any atom is -0.328 e. The Bertz CT molecular complexity index is 115. The second-order valence-corrected chi connectivity index (χ2v) is 4.30. The van der Waals surface area contributed by atoms with E-state index in [1.807, 2.05) is 0 Å². The number of hydrogen-bond donors (Lipinski definition) is 1. The molecule has 0 aliphatic carbocycles. The molecule has 0 saturated carbocycles. The lowest BCUT2D eigenvalue weighted by molar-refractivity contribution is 0.208. The maximum atomic E-state index is 5.73. The van der Waals surface area contributed by atoms with Crippen LogP contribution in [0.4, 0.5) is 0 Å². The number of nitrogens with two attached hydrogens (primary N) is 1. The molecule has 72 valence electrons. The van der Waals surface area contributed by atoms with Crippen LogP contribution in [0.3, 0.4) is 0 Å². The highest BCUT2D eigenvalue weighted by Gasteiger charge is 2.16. The van der Waals surface area contributed by atoms with Crippen molar-refractivity contribution >= 4 is 0 Å². The number of piperidine rings is 1. The Morgan fingerprint density at radius 3 is 2.50 bits per heavy atom. The highest BCUT2D eigenvalue weighted by molar-refractivity contribution is 4.71. The third-order valence-corrected chi connectivity index (χ3v) is 2.87. The fraction of sp³-hybridized carbons (Fsp3) is 1.00. The van der Waals surface area contributed by atoms with Gasteiger partial charge in [0.05, 0.1) is 0 Å². The van der Waals surface area contributed by atoms with E-state index in [9.17, 15) is 0 Å². The first-order valence-electron chi connectivity index (χ1n) is 5.12. The summed E-state index contributed by atoms with van der Waals surface area (Å²) < 4.78 is 0. The molecule has 2 nitrogen and oxygen atoms in total. The smallest absolute Gasteiger partial charge is 0.00105 e. The molecule has 1 aliphatic rings. The molecule has 0 bridgehead atoms. The number of rotatable bonds is 3. The molecule has 2 heteroatoms. The molecular formula is C10H22N2. The lowest BCUT2D eigenvalue weighted by Gasteiger charge is -2.29. The maximum absolute atomic E-state index is 5.73. The second kappa shape index (κ2) is 4.83. The van der Waals surface area contributed by atoms with Crippen LogP contribution >= 0.6 is 0 Å². The zero-order valence-corrected chi connectivity index (χ0v) is 8.42. The molecule has 1 unspecified atom stereocenters. The summed E-state index contributed by atoms with van der Waals surface area (Å²) in [6, 6.07) is 0.393. The number of likely N-dealkylation sites (tertiary alicyclic amines) is 1. The van der Waals surface area contributed by atoms with Crippen LogP contribution in [-0.4, -0.2) is 31.1 Å². The van der Waals surface area contributed by atoms with Crippen LogP contribution in [0.25, 0.3) is 0 Å². The van der Waals surface area contributed by atoms with E-state index in [1.165, 1.54) is 38.8 Å². The van der Waals surface area contributed by atoms with Gasteiger partial charge in [0.15, 0.2) is 0 Å². The molecule has 1 fully saturated rings. The predicted octanol–water partition coefficient (Wildman–Crippen LogP) is 1.46. The van der Waals surface area contributed by atoms with E-state index in [0.717, 1.165) is 5.92 Å². The van der Waals surface area contributed by atoms with E-state index in [4.69, 9.17) is 5.73 Å². The Kier molecular flexibility index (Phi) is 4.02. The molecule has 0 radical (unpaired) electrons. The summed E-state index contributed by atoms with van der Waals surface area (Å²) in [5.74, 6) is 0.951. The molecule has 12 heavy (non-hydrogen) atoms. The first-order valence-corrected chi connectivity index (χ1v) is 5.12. The second-order valence-electron chi connectivity index (χ2n) is 4.30. The predicted molar refractivity (Wildman–Crippen MR) is 53.1 cm³/mol. The van der Waals surface area contributed by atoms with Gasteiger partial charge >= 0.3 is 0 Å². The largest absolute Gasteiger partial charge is 0.328 e. The highest BCUT2D eigenvalue weighted by Crippen LogP contribution is 2.21. The molecule has 1 rings (SSSR count). The van der Waals surface area contributed by atoms with Crippen LogP contribution in [0, 0.1) is 5.92 Å². The normalized spacial score (nSPS) is 24.2. The van der Waals surface area contributed by atoms with Crippen molar-refractivity contribution in [3.8, 4) is 0 Å². The van der Waals surface area contributed by atoms with Gasteiger partial charge in [0.1, 0.15) is 0 Å². The van der Waals surface area contributed by atoms with Gasteiger partial charge in [-0.25, -0.2) is 0 Å². The third kappa shape index (κ3) is 3.55. The average Bonchev–Trinajstić information content (AvgIpc) is 2.03. The van der Waals surface area contributed by atoms with Crippen molar-refractivity contribution in [3.05, 3.63) is 0 Å². The summed E-state index contributed by atoms with van der Waals surface area (Å²) in [6.45, 7) is 4.67. The number of nitrogens with zero attached hydrogens (tertiary/aromatic N) is 1. The Morgan fingerprint density at radius 2 is 2.00 bits per heavy atom. The summed E-state index contributed by atoms with van der Waals surface area (Å²) in [4.78, 5) is 2.42. The summed E-state index contributed by atoms with van der Waals surface area (Å²) in [6.07, 6.45) is 5.30. The zero-order chi connectivity index (χ0) is 8.97. The van der Waals surface area contributed by atoms with Gasteiger partial charge in [-0.2, -0.15) is 0 Å². The first-order chi connectivity index (χ1) is 5.68. The lowest BCUT2D eigenvalue weighted by Crippen LogP contribution is -2.30. The van der Waals surface area contributed by atoms with E-state index < -0.39 is 0 Å². The molecule has 2 N–H and O–H groups in total. The van der Waals surface area contributed by atoms with Crippen molar-refractivity contribution in [1.82, 2.24) is 4.90 Å². The van der Waals surface area contributed by atoms with Crippen molar-refractivity contribution in [2.24, 2.45) is 11.7 Å². The van der Waals surface area contributed by atoms with E-state index in [1.54, 1.807) is 0 Å². The van der Waals surface area contributed by atoms with Gasteiger partial charge in [-0.15, -0.1) is 0 Å². The Labute approximate surface area is 76.1 Å². The Hall–Kier alpha value is -0.0800. The molecule has 0 aromatic rings. The molecule has 1 heterocycles. The van der Waals surface area contributed by atoms with Crippen LogP contribution in [0.15, 0.2) is 0 Å². The van der Waals surface area contributed by atoms with Crippen molar-refractivity contribution in [1.29, 1.82) is 0 Å². The van der Waals surface area contributed by atoms with Crippen LogP contribution in [-0.2, 0) is 0 Å². The van der Waals surface area contributed by atoms with Crippen LogP contribution < -0.4 is 5.73 Å². The summed E-state index contributed by atoms with van der Waals surface area (Å²) in [7, 11) is 2.21. The fourth-order valence-electron chi connectivity index (χ4n) is 1.85. The maximum Gasteiger partial charge on any atom is 0.00105 e.